The molecule has 0 fully saturated rings. The minimum atomic E-state index is -0.270. The smallest absolute Gasteiger partial charge is 0.276 e. The molecule has 5 nitrogen and oxygen atoms in total. The highest BCUT2D eigenvalue weighted by Gasteiger charge is 2.12. The number of hydrogen-bond donors (Lipinski definition) is 2. The molecule has 0 spiro atoms. The van der Waals surface area contributed by atoms with Crippen LogP contribution in [0.15, 0.2) is 54.6 Å². The average molecular weight is 332 g/mol. The van der Waals surface area contributed by atoms with Crippen LogP contribution >= 0.6 is 0 Å². The molecule has 2 aromatic carbocycles. The van der Waals surface area contributed by atoms with Crippen molar-refractivity contribution in [1.82, 2.24) is 10.2 Å². The predicted octanol–water partition coefficient (Wildman–Crippen LogP) is 4.40. The first-order chi connectivity index (χ1) is 12.0. The lowest BCUT2D eigenvalue weighted by atomic mass is 10.1. The molecular formula is C20H20N4O. The van der Waals surface area contributed by atoms with Crippen molar-refractivity contribution in [3.05, 3.63) is 77.0 Å². The van der Waals surface area contributed by atoms with Crippen LogP contribution in [0.3, 0.4) is 0 Å². The topological polar surface area (TPSA) is 66.9 Å². The van der Waals surface area contributed by atoms with E-state index in [-0.39, 0.29) is 11.6 Å². The normalized spacial score (nSPS) is 10.4. The van der Waals surface area contributed by atoms with Crippen molar-refractivity contribution in [3.8, 4) is 0 Å². The summed E-state index contributed by atoms with van der Waals surface area (Å²) in [6.45, 7) is 6.00. The molecule has 3 rings (SSSR count). The summed E-state index contributed by atoms with van der Waals surface area (Å²) in [5.74, 6) is 0.319. The number of carbonyl (C=O) groups is 1. The molecule has 25 heavy (non-hydrogen) atoms. The van der Waals surface area contributed by atoms with Crippen molar-refractivity contribution in [1.29, 1.82) is 0 Å². The van der Waals surface area contributed by atoms with Gasteiger partial charge < -0.3 is 10.6 Å². The van der Waals surface area contributed by atoms with E-state index >= 15 is 0 Å². The van der Waals surface area contributed by atoms with E-state index in [4.69, 9.17) is 0 Å². The molecule has 0 aliphatic heterocycles. The molecule has 1 amide bonds. The highest BCUT2D eigenvalue weighted by atomic mass is 16.1. The number of aryl methyl sites for hydroxylation is 3. The Balaban J connectivity index is 1.73. The lowest BCUT2D eigenvalue weighted by Gasteiger charge is -2.12. The minimum Gasteiger partial charge on any atom is -0.339 e. The number of para-hydroxylation sites is 1. The van der Waals surface area contributed by atoms with Crippen molar-refractivity contribution in [2.24, 2.45) is 0 Å². The maximum Gasteiger partial charge on any atom is 0.276 e. The first-order valence-electron chi connectivity index (χ1n) is 8.08. The molecule has 0 aliphatic carbocycles. The Morgan fingerprint density at radius 2 is 1.56 bits per heavy atom. The zero-order chi connectivity index (χ0) is 17.8. The Morgan fingerprint density at radius 1 is 0.880 bits per heavy atom. The van der Waals surface area contributed by atoms with Crippen LogP contribution in [0.5, 0.6) is 0 Å². The van der Waals surface area contributed by atoms with Gasteiger partial charge in [-0.1, -0.05) is 35.9 Å². The first kappa shape index (κ1) is 16.6. The van der Waals surface area contributed by atoms with Gasteiger partial charge in [-0.3, -0.25) is 4.79 Å². The van der Waals surface area contributed by atoms with E-state index in [0.29, 0.717) is 5.82 Å². The molecule has 0 aliphatic rings. The molecule has 0 saturated heterocycles. The van der Waals surface area contributed by atoms with E-state index in [0.717, 1.165) is 22.5 Å². The van der Waals surface area contributed by atoms with Crippen molar-refractivity contribution in [2.75, 3.05) is 10.6 Å². The number of rotatable bonds is 4. The number of hydrogen-bond acceptors (Lipinski definition) is 4. The van der Waals surface area contributed by atoms with Crippen LogP contribution in [0.25, 0.3) is 0 Å². The summed E-state index contributed by atoms with van der Waals surface area (Å²) in [5, 5.41) is 14.2. The van der Waals surface area contributed by atoms with Gasteiger partial charge in [0, 0.05) is 11.4 Å². The lowest BCUT2D eigenvalue weighted by molar-refractivity contribution is 0.102. The molecule has 0 atom stereocenters. The van der Waals surface area contributed by atoms with Gasteiger partial charge in [0.05, 0.1) is 0 Å². The quantitative estimate of drug-likeness (QED) is 0.743. The van der Waals surface area contributed by atoms with Gasteiger partial charge in [0.1, 0.15) is 0 Å². The Morgan fingerprint density at radius 3 is 2.16 bits per heavy atom. The summed E-state index contributed by atoms with van der Waals surface area (Å²) in [6.07, 6.45) is 0. The van der Waals surface area contributed by atoms with Crippen molar-refractivity contribution in [3.63, 3.8) is 0 Å². The van der Waals surface area contributed by atoms with E-state index in [1.165, 1.54) is 5.56 Å². The van der Waals surface area contributed by atoms with E-state index < -0.39 is 0 Å². The second kappa shape index (κ2) is 7.13. The number of carbonyl (C=O) groups excluding carboxylic acids is 1. The Bertz CT molecular complexity index is 866. The maximum absolute atomic E-state index is 12.4. The third kappa shape index (κ3) is 4.01. The second-order valence-electron chi connectivity index (χ2n) is 6.02. The fourth-order valence-corrected chi connectivity index (χ4v) is 2.74. The van der Waals surface area contributed by atoms with E-state index in [9.17, 15) is 4.79 Å². The van der Waals surface area contributed by atoms with Gasteiger partial charge in [-0.2, -0.15) is 0 Å². The van der Waals surface area contributed by atoms with Crippen LogP contribution in [0, 0.1) is 20.8 Å². The van der Waals surface area contributed by atoms with Gasteiger partial charge in [0.15, 0.2) is 11.5 Å². The summed E-state index contributed by atoms with van der Waals surface area (Å²) in [6, 6.07) is 17.2. The zero-order valence-electron chi connectivity index (χ0n) is 14.5. The molecule has 0 bridgehead atoms. The Hall–Kier alpha value is -3.21. The molecule has 3 aromatic rings. The summed E-state index contributed by atoms with van der Waals surface area (Å²) < 4.78 is 0. The Kier molecular flexibility index (Phi) is 4.75. The van der Waals surface area contributed by atoms with Gasteiger partial charge in [0.25, 0.3) is 5.91 Å². The van der Waals surface area contributed by atoms with Gasteiger partial charge in [0.2, 0.25) is 0 Å². The van der Waals surface area contributed by atoms with Gasteiger partial charge in [-0.05, 0) is 56.2 Å². The largest absolute Gasteiger partial charge is 0.339 e. The number of anilines is 3. The van der Waals surface area contributed by atoms with Crippen molar-refractivity contribution in [2.45, 2.75) is 20.8 Å². The highest BCUT2D eigenvalue weighted by molar-refractivity contribution is 6.03. The predicted molar refractivity (Wildman–Crippen MR) is 100 cm³/mol. The molecule has 5 heteroatoms. The molecule has 1 heterocycles. The fraction of sp³-hybridized carbons (Fsp3) is 0.150. The van der Waals surface area contributed by atoms with E-state index in [1.54, 1.807) is 12.1 Å². The number of nitrogens with zero attached hydrogens (tertiary/aromatic N) is 2. The molecule has 0 unspecified atom stereocenters. The third-order valence-corrected chi connectivity index (χ3v) is 3.86. The molecule has 1 aromatic heterocycles. The van der Waals surface area contributed by atoms with Crippen molar-refractivity contribution >= 4 is 23.1 Å². The van der Waals surface area contributed by atoms with Crippen LogP contribution in [0.1, 0.15) is 27.2 Å². The van der Waals surface area contributed by atoms with Gasteiger partial charge >= 0.3 is 0 Å². The van der Waals surface area contributed by atoms with Crippen LogP contribution in [0.2, 0.25) is 0 Å². The summed E-state index contributed by atoms with van der Waals surface area (Å²) in [4.78, 5) is 12.4. The van der Waals surface area contributed by atoms with Crippen LogP contribution < -0.4 is 10.6 Å². The fourth-order valence-electron chi connectivity index (χ4n) is 2.74. The maximum atomic E-state index is 12.4. The number of nitrogens with one attached hydrogen (secondary N) is 2. The summed E-state index contributed by atoms with van der Waals surface area (Å²) in [5.41, 5.74) is 5.24. The standard InChI is InChI=1S/C20H20N4O/c1-13-11-14(2)19(15(3)12-13)22-20(25)17-9-10-18(24-23-17)21-16-7-5-4-6-8-16/h4-12H,1-3H3,(H,21,24)(H,22,25). The van der Waals surface area contributed by atoms with Crippen LogP contribution in [0.4, 0.5) is 17.2 Å². The molecule has 0 radical (unpaired) electrons. The first-order valence-corrected chi connectivity index (χ1v) is 8.08. The third-order valence-electron chi connectivity index (χ3n) is 3.86. The minimum absolute atomic E-state index is 0.270. The van der Waals surface area contributed by atoms with Crippen LogP contribution in [-0.2, 0) is 0 Å². The van der Waals surface area contributed by atoms with E-state index in [1.807, 2.05) is 63.2 Å². The second-order valence-corrected chi connectivity index (χ2v) is 6.02. The van der Waals surface area contributed by atoms with E-state index in [2.05, 4.69) is 20.8 Å². The molecule has 0 saturated carbocycles. The SMILES string of the molecule is Cc1cc(C)c(NC(=O)c2ccc(Nc3ccccc3)nn2)c(C)c1. The number of benzene rings is 2. The number of aromatic nitrogens is 2. The van der Waals surface area contributed by atoms with Gasteiger partial charge in [-0.25, -0.2) is 0 Å². The molecule has 126 valence electrons. The van der Waals surface area contributed by atoms with Crippen molar-refractivity contribution < 1.29 is 4.79 Å². The van der Waals surface area contributed by atoms with Crippen LogP contribution in [-0.4, -0.2) is 16.1 Å². The average Bonchev–Trinajstić information content (AvgIpc) is 2.59. The molecular weight excluding hydrogens is 312 g/mol. The lowest BCUT2D eigenvalue weighted by Crippen LogP contribution is -2.16. The summed E-state index contributed by atoms with van der Waals surface area (Å²) >= 11 is 0. The zero-order valence-corrected chi connectivity index (χ0v) is 14.5. The number of amides is 1. The highest BCUT2D eigenvalue weighted by Crippen LogP contribution is 2.22. The molecule has 2 N–H and O–H groups in total. The summed E-state index contributed by atoms with van der Waals surface area (Å²) in [7, 11) is 0. The Labute approximate surface area is 147 Å². The van der Waals surface area contributed by atoms with Gasteiger partial charge in [-0.15, -0.1) is 10.2 Å². The monoisotopic (exact) mass is 332 g/mol.